The second kappa shape index (κ2) is 3.94. The number of carbonyl (C=O) groups is 2. The molecule has 0 unspecified atom stereocenters. The normalized spacial score (nSPS) is 23.9. The highest BCUT2D eigenvalue weighted by atomic mass is 32.2. The average molecular weight is 243 g/mol. The molecular formula is C9H9NO3S2. The number of hydrogen-bond donors (Lipinski definition) is 1. The summed E-state index contributed by atoms with van der Waals surface area (Å²) in [6, 6.07) is 0. The molecule has 0 aliphatic carbocycles. The molecule has 1 amide bonds. The van der Waals surface area contributed by atoms with Gasteiger partial charge in [0.1, 0.15) is 0 Å². The molecule has 0 bridgehead atoms. The molecule has 1 N–H and O–H groups in total. The number of carboxylic acids is 1. The molecule has 0 aromatic carbocycles. The van der Waals surface area contributed by atoms with E-state index in [1.54, 1.807) is 6.08 Å². The van der Waals surface area contributed by atoms with Crippen molar-refractivity contribution < 1.29 is 14.7 Å². The topological polar surface area (TPSA) is 57.6 Å². The average Bonchev–Trinajstić information content (AvgIpc) is 2.47. The van der Waals surface area contributed by atoms with E-state index < -0.39 is 5.97 Å². The predicted molar refractivity (Wildman–Crippen MR) is 60.2 cm³/mol. The van der Waals surface area contributed by atoms with Gasteiger partial charge in [0.2, 0.25) is 5.91 Å². The van der Waals surface area contributed by atoms with E-state index >= 15 is 0 Å². The quantitative estimate of drug-likeness (QED) is 0.598. The zero-order chi connectivity index (χ0) is 11.0. The Bertz CT molecular complexity index is 378. The molecule has 0 aromatic heterocycles. The number of β-lactam (4-membered cyclic amide) rings is 1. The summed E-state index contributed by atoms with van der Waals surface area (Å²) < 4.78 is 0.721. The molecule has 1 fully saturated rings. The smallest absolute Gasteiger partial charge is 0.354 e. The van der Waals surface area contributed by atoms with Gasteiger partial charge in [0.25, 0.3) is 0 Å². The Morgan fingerprint density at radius 1 is 1.80 bits per heavy atom. The fourth-order valence-electron chi connectivity index (χ4n) is 1.46. The number of amides is 1. The lowest BCUT2D eigenvalue weighted by Gasteiger charge is -2.33. The second-order valence-corrected chi connectivity index (χ2v) is 5.56. The van der Waals surface area contributed by atoms with E-state index in [-0.39, 0.29) is 17.0 Å². The maximum Gasteiger partial charge on any atom is 0.354 e. The minimum absolute atomic E-state index is 0.0101. The fraction of sp³-hybridized carbons (Fsp3) is 0.333. The zero-order valence-electron chi connectivity index (χ0n) is 7.80. The van der Waals surface area contributed by atoms with E-state index in [0.717, 1.165) is 4.24 Å². The molecule has 6 heteroatoms. The van der Waals surface area contributed by atoms with Crippen molar-refractivity contribution in [3.05, 3.63) is 22.6 Å². The Morgan fingerprint density at radius 3 is 3.07 bits per heavy atom. The summed E-state index contributed by atoms with van der Waals surface area (Å²) in [7, 11) is 0. The van der Waals surface area contributed by atoms with Gasteiger partial charge in [-0.25, -0.2) is 4.79 Å². The van der Waals surface area contributed by atoms with E-state index in [9.17, 15) is 9.59 Å². The summed E-state index contributed by atoms with van der Waals surface area (Å²) >= 11 is 2.88. The van der Waals surface area contributed by atoms with Crippen LogP contribution >= 0.6 is 23.5 Å². The number of carbonyl (C=O) groups excluding carboxylic acids is 1. The van der Waals surface area contributed by atoms with E-state index in [2.05, 4.69) is 6.58 Å². The third kappa shape index (κ3) is 1.68. The number of carboxylic acid groups (broad SMARTS) is 1. The molecule has 15 heavy (non-hydrogen) atoms. The predicted octanol–water partition coefficient (Wildman–Crippen LogP) is 1.46. The molecule has 2 rings (SSSR count). The maximum atomic E-state index is 11.2. The van der Waals surface area contributed by atoms with Crippen molar-refractivity contribution in [3.8, 4) is 0 Å². The van der Waals surface area contributed by atoms with Crippen LogP contribution in [0.2, 0.25) is 0 Å². The second-order valence-electron chi connectivity index (χ2n) is 3.08. The van der Waals surface area contributed by atoms with Gasteiger partial charge in [0.05, 0.1) is 16.0 Å². The highest BCUT2D eigenvalue weighted by Crippen LogP contribution is 2.50. The number of thioether (sulfide) groups is 2. The summed E-state index contributed by atoms with van der Waals surface area (Å²) in [4.78, 5) is 23.6. The third-order valence-corrected chi connectivity index (χ3v) is 4.68. The molecule has 0 radical (unpaired) electrons. The molecule has 0 spiro atoms. The number of rotatable bonds is 4. The standard InChI is InChI=1S/C9H9NO3S2/c1-2-3-14-9-7(8(12)13)10-5(11)4-6(10)15-9/h2,6H,1,3-4H2,(H,12,13)/t6-/m1/s1. The number of hydrogen-bond acceptors (Lipinski definition) is 4. The first-order valence-electron chi connectivity index (χ1n) is 4.35. The molecule has 4 nitrogen and oxygen atoms in total. The van der Waals surface area contributed by atoms with Crippen LogP contribution < -0.4 is 0 Å². The lowest BCUT2D eigenvalue weighted by atomic mass is 10.2. The van der Waals surface area contributed by atoms with Gasteiger partial charge in [-0.15, -0.1) is 18.3 Å². The van der Waals surface area contributed by atoms with Crippen LogP contribution in [0.1, 0.15) is 6.42 Å². The largest absolute Gasteiger partial charge is 0.477 e. The van der Waals surface area contributed by atoms with E-state index in [1.807, 2.05) is 0 Å². The summed E-state index contributed by atoms with van der Waals surface area (Å²) in [6.07, 6.45) is 2.16. The fourth-order valence-corrected chi connectivity index (χ4v) is 3.96. The Hall–Kier alpha value is -0.880. The van der Waals surface area contributed by atoms with Crippen molar-refractivity contribution in [2.24, 2.45) is 0 Å². The maximum absolute atomic E-state index is 11.2. The summed E-state index contributed by atoms with van der Waals surface area (Å²) in [6.45, 7) is 3.58. The van der Waals surface area contributed by atoms with E-state index in [1.165, 1.54) is 28.4 Å². The van der Waals surface area contributed by atoms with Crippen LogP contribution in [0.3, 0.4) is 0 Å². The van der Waals surface area contributed by atoms with Crippen molar-refractivity contribution in [2.45, 2.75) is 11.8 Å². The SMILES string of the molecule is C=CCSC1=C(C(=O)O)N2C(=O)C[C@H]2S1. The lowest BCUT2D eigenvalue weighted by molar-refractivity contribution is -0.145. The molecule has 2 aliphatic rings. The van der Waals surface area contributed by atoms with E-state index in [4.69, 9.17) is 5.11 Å². The Labute approximate surface area is 95.4 Å². The van der Waals surface area contributed by atoms with Crippen LogP contribution in [0.25, 0.3) is 0 Å². The Kier molecular flexibility index (Phi) is 2.79. The van der Waals surface area contributed by atoms with Gasteiger partial charge < -0.3 is 5.11 Å². The highest BCUT2D eigenvalue weighted by Gasteiger charge is 2.48. The van der Waals surface area contributed by atoms with Gasteiger partial charge in [-0.3, -0.25) is 9.69 Å². The molecule has 0 aromatic rings. The van der Waals surface area contributed by atoms with E-state index in [0.29, 0.717) is 12.2 Å². The van der Waals surface area contributed by atoms with Gasteiger partial charge >= 0.3 is 5.97 Å². The molecule has 1 saturated heterocycles. The molecule has 80 valence electrons. The van der Waals surface area contributed by atoms with Gasteiger partial charge in [-0.2, -0.15) is 0 Å². The van der Waals surface area contributed by atoms with Crippen molar-refractivity contribution in [2.75, 3.05) is 5.75 Å². The Morgan fingerprint density at radius 2 is 2.53 bits per heavy atom. The van der Waals surface area contributed by atoms with Crippen molar-refractivity contribution in [3.63, 3.8) is 0 Å². The first kappa shape index (κ1) is 10.6. The molecule has 2 aliphatic heterocycles. The van der Waals surface area contributed by atoms with Crippen LogP contribution in [0.4, 0.5) is 0 Å². The van der Waals surface area contributed by atoms with Crippen LogP contribution in [-0.2, 0) is 9.59 Å². The van der Waals surface area contributed by atoms with Crippen LogP contribution in [-0.4, -0.2) is 33.0 Å². The first-order chi connectivity index (χ1) is 7.15. The molecular weight excluding hydrogens is 234 g/mol. The molecule has 2 heterocycles. The molecule has 1 atom stereocenters. The monoisotopic (exact) mass is 243 g/mol. The van der Waals surface area contributed by atoms with Crippen LogP contribution in [0, 0.1) is 0 Å². The molecule has 0 saturated carbocycles. The van der Waals surface area contributed by atoms with Crippen LogP contribution in [0.5, 0.6) is 0 Å². The van der Waals surface area contributed by atoms with Gasteiger partial charge in [0, 0.05) is 5.75 Å². The van der Waals surface area contributed by atoms with Gasteiger partial charge in [-0.1, -0.05) is 17.8 Å². The van der Waals surface area contributed by atoms with Crippen molar-refractivity contribution >= 4 is 35.4 Å². The minimum atomic E-state index is -1.02. The van der Waals surface area contributed by atoms with Gasteiger partial charge in [0.15, 0.2) is 5.70 Å². The van der Waals surface area contributed by atoms with Gasteiger partial charge in [-0.05, 0) is 0 Å². The summed E-state index contributed by atoms with van der Waals surface area (Å²) in [5, 5.41) is 9.03. The number of nitrogens with zero attached hydrogens (tertiary/aromatic N) is 1. The first-order valence-corrected chi connectivity index (χ1v) is 6.21. The summed E-state index contributed by atoms with van der Waals surface area (Å²) in [5.41, 5.74) is 0.146. The highest BCUT2D eigenvalue weighted by molar-refractivity contribution is 8.22. The Balaban J connectivity index is 2.22. The lowest BCUT2D eigenvalue weighted by Crippen LogP contribution is -2.48. The number of fused-ring (bicyclic) bond motifs is 1. The zero-order valence-corrected chi connectivity index (χ0v) is 9.44. The summed E-state index contributed by atoms with van der Waals surface area (Å²) in [5.74, 6) is -0.461. The van der Waals surface area contributed by atoms with Crippen LogP contribution in [0.15, 0.2) is 22.6 Å². The van der Waals surface area contributed by atoms with Crippen molar-refractivity contribution in [1.82, 2.24) is 4.90 Å². The number of aliphatic carboxylic acids is 1. The minimum Gasteiger partial charge on any atom is -0.477 e. The third-order valence-electron chi connectivity index (χ3n) is 2.12. The van der Waals surface area contributed by atoms with Crippen molar-refractivity contribution in [1.29, 1.82) is 0 Å².